The second kappa shape index (κ2) is 4.36. The molecule has 7 nitrogen and oxygen atoms in total. The average molecular weight is 205 g/mol. The van der Waals surface area contributed by atoms with Gasteiger partial charge in [-0.15, -0.1) is 0 Å². The zero-order valence-electron chi connectivity index (χ0n) is 7.29. The Morgan fingerprint density at radius 3 is 2.79 bits per heavy atom. The molecule has 3 N–H and O–H groups in total. The van der Waals surface area contributed by atoms with Crippen molar-refractivity contribution < 1.29 is 29.7 Å². The Labute approximate surface area is 79.5 Å². The van der Waals surface area contributed by atoms with Crippen LogP contribution in [0, 0.1) is 0 Å². The van der Waals surface area contributed by atoms with Crippen LogP contribution in [0.15, 0.2) is 0 Å². The minimum atomic E-state index is -1.53. The van der Waals surface area contributed by atoms with E-state index in [0.29, 0.717) is 0 Å². The number of rotatable bonds is 3. The van der Waals surface area contributed by atoms with Gasteiger partial charge in [-0.25, -0.2) is 5.06 Å². The maximum atomic E-state index is 11.1. The van der Waals surface area contributed by atoms with Crippen LogP contribution in [0.3, 0.4) is 0 Å². The van der Waals surface area contributed by atoms with Crippen molar-refractivity contribution in [1.82, 2.24) is 5.06 Å². The number of carboxylic acids is 1. The molecule has 2 atom stereocenters. The highest BCUT2D eigenvalue weighted by Crippen LogP contribution is 2.09. The molecular formula is C7H11NO6. The van der Waals surface area contributed by atoms with Gasteiger partial charge in [0, 0.05) is 0 Å². The predicted octanol–water partition coefficient (Wildman–Crippen LogP) is -2.04. The van der Waals surface area contributed by atoms with E-state index in [-0.39, 0.29) is 19.6 Å². The number of hydrogen-bond acceptors (Lipinski definition) is 5. The van der Waals surface area contributed by atoms with E-state index in [4.69, 9.17) is 20.2 Å². The Hall–Kier alpha value is -1.18. The highest BCUT2D eigenvalue weighted by Gasteiger charge is 2.35. The quantitative estimate of drug-likeness (QED) is 0.490. The van der Waals surface area contributed by atoms with Crippen molar-refractivity contribution in [3.8, 4) is 0 Å². The SMILES string of the molecule is O=C(O)CCN1OC[C@H](O)[C@H](O)C1=O. The Morgan fingerprint density at radius 2 is 2.21 bits per heavy atom. The minimum absolute atomic E-state index is 0.141. The van der Waals surface area contributed by atoms with Crippen LogP contribution in [0.5, 0.6) is 0 Å². The lowest BCUT2D eigenvalue weighted by molar-refractivity contribution is -0.234. The van der Waals surface area contributed by atoms with Crippen LogP contribution in [0.25, 0.3) is 0 Å². The summed E-state index contributed by atoms with van der Waals surface area (Å²) >= 11 is 0. The van der Waals surface area contributed by atoms with Crippen LogP contribution >= 0.6 is 0 Å². The van der Waals surface area contributed by atoms with Crippen LogP contribution in [0.4, 0.5) is 0 Å². The lowest BCUT2D eigenvalue weighted by atomic mass is 10.2. The summed E-state index contributed by atoms with van der Waals surface area (Å²) in [7, 11) is 0. The van der Waals surface area contributed by atoms with Crippen molar-refractivity contribution in [2.24, 2.45) is 0 Å². The summed E-state index contributed by atoms with van der Waals surface area (Å²) in [6.45, 7) is -0.357. The Balaban J connectivity index is 2.47. The molecule has 0 aromatic heterocycles. The molecule has 0 aliphatic carbocycles. The summed E-state index contributed by atoms with van der Waals surface area (Å²) in [6, 6.07) is 0. The smallest absolute Gasteiger partial charge is 0.305 e. The largest absolute Gasteiger partial charge is 0.481 e. The molecule has 1 saturated heterocycles. The molecule has 1 aliphatic heterocycles. The van der Waals surface area contributed by atoms with Crippen molar-refractivity contribution in [2.45, 2.75) is 18.6 Å². The molecule has 1 rings (SSSR count). The lowest BCUT2D eigenvalue weighted by Crippen LogP contribution is -2.53. The minimum Gasteiger partial charge on any atom is -0.481 e. The normalized spacial score (nSPS) is 27.9. The van der Waals surface area contributed by atoms with E-state index in [2.05, 4.69) is 0 Å². The highest BCUT2D eigenvalue weighted by atomic mass is 16.7. The van der Waals surface area contributed by atoms with Gasteiger partial charge in [-0.1, -0.05) is 0 Å². The molecule has 7 heteroatoms. The van der Waals surface area contributed by atoms with Gasteiger partial charge >= 0.3 is 5.97 Å². The van der Waals surface area contributed by atoms with E-state index in [0.717, 1.165) is 5.06 Å². The molecular weight excluding hydrogens is 194 g/mol. The van der Waals surface area contributed by atoms with Crippen molar-refractivity contribution in [1.29, 1.82) is 0 Å². The van der Waals surface area contributed by atoms with Gasteiger partial charge in [-0.05, 0) is 0 Å². The molecule has 0 aromatic rings. The lowest BCUT2D eigenvalue weighted by Gasteiger charge is -2.31. The molecule has 1 fully saturated rings. The Bertz CT molecular complexity index is 242. The van der Waals surface area contributed by atoms with Gasteiger partial charge in [0.2, 0.25) is 0 Å². The number of carbonyl (C=O) groups excluding carboxylic acids is 1. The molecule has 1 aliphatic rings. The van der Waals surface area contributed by atoms with E-state index in [1.54, 1.807) is 0 Å². The molecule has 80 valence electrons. The van der Waals surface area contributed by atoms with E-state index in [1.807, 2.05) is 0 Å². The molecule has 1 amide bonds. The zero-order chi connectivity index (χ0) is 10.7. The zero-order valence-corrected chi connectivity index (χ0v) is 7.29. The molecule has 14 heavy (non-hydrogen) atoms. The van der Waals surface area contributed by atoms with Crippen molar-refractivity contribution in [3.05, 3.63) is 0 Å². The summed E-state index contributed by atoms with van der Waals surface area (Å²) in [6.07, 6.45) is -3.05. The van der Waals surface area contributed by atoms with Gasteiger partial charge in [-0.3, -0.25) is 14.4 Å². The number of carbonyl (C=O) groups is 2. The second-order valence-corrected chi connectivity index (χ2v) is 2.89. The van der Waals surface area contributed by atoms with E-state index < -0.39 is 24.1 Å². The van der Waals surface area contributed by atoms with Crippen molar-refractivity contribution in [3.63, 3.8) is 0 Å². The molecule has 1 heterocycles. The Morgan fingerprint density at radius 1 is 1.57 bits per heavy atom. The highest BCUT2D eigenvalue weighted by molar-refractivity contribution is 5.81. The topological polar surface area (TPSA) is 107 Å². The molecule has 0 bridgehead atoms. The van der Waals surface area contributed by atoms with Crippen LogP contribution in [-0.4, -0.2) is 57.6 Å². The fourth-order valence-corrected chi connectivity index (χ4v) is 1.01. The van der Waals surface area contributed by atoms with E-state index in [9.17, 15) is 9.59 Å². The third-order valence-corrected chi connectivity index (χ3v) is 1.79. The number of amides is 1. The average Bonchev–Trinajstić information content (AvgIpc) is 2.13. The van der Waals surface area contributed by atoms with Crippen LogP contribution in [0.2, 0.25) is 0 Å². The standard InChI is InChI=1S/C7H11NO6/c9-4-3-14-8(2-1-5(10)11)7(13)6(4)12/h4,6,9,12H,1-3H2,(H,10,11)/t4-,6-/m0/s1. The monoisotopic (exact) mass is 205 g/mol. The predicted molar refractivity (Wildman–Crippen MR) is 41.9 cm³/mol. The first-order chi connectivity index (χ1) is 6.52. The third-order valence-electron chi connectivity index (χ3n) is 1.79. The van der Waals surface area contributed by atoms with Gasteiger partial charge in [0.05, 0.1) is 13.0 Å². The van der Waals surface area contributed by atoms with E-state index >= 15 is 0 Å². The summed E-state index contributed by atoms with van der Waals surface area (Å²) in [5, 5.41) is 27.2. The summed E-state index contributed by atoms with van der Waals surface area (Å²) < 4.78 is 0. The number of hydrogen-bond donors (Lipinski definition) is 3. The van der Waals surface area contributed by atoms with E-state index in [1.165, 1.54) is 0 Å². The Kier molecular flexibility index (Phi) is 3.39. The maximum absolute atomic E-state index is 11.1. The van der Waals surface area contributed by atoms with Crippen LogP contribution < -0.4 is 0 Å². The third kappa shape index (κ3) is 2.41. The molecule has 0 spiro atoms. The van der Waals surface area contributed by atoms with Crippen molar-refractivity contribution in [2.75, 3.05) is 13.2 Å². The van der Waals surface area contributed by atoms with Crippen LogP contribution in [-0.2, 0) is 14.4 Å². The number of aliphatic hydroxyl groups excluding tert-OH is 2. The second-order valence-electron chi connectivity index (χ2n) is 2.89. The number of aliphatic hydroxyl groups is 2. The maximum Gasteiger partial charge on any atom is 0.305 e. The summed E-state index contributed by atoms with van der Waals surface area (Å²) in [5.74, 6) is -1.88. The van der Waals surface area contributed by atoms with Gasteiger partial charge in [0.15, 0.2) is 6.10 Å². The number of aliphatic carboxylic acids is 1. The van der Waals surface area contributed by atoms with Crippen LogP contribution in [0.1, 0.15) is 6.42 Å². The van der Waals surface area contributed by atoms with Gasteiger partial charge in [0.1, 0.15) is 12.7 Å². The fourth-order valence-electron chi connectivity index (χ4n) is 1.01. The molecule has 0 aromatic carbocycles. The number of hydroxylamine groups is 2. The number of carboxylic acid groups (broad SMARTS) is 1. The number of nitrogens with zero attached hydrogens (tertiary/aromatic N) is 1. The first-order valence-electron chi connectivity index (χ1n) is 4.04. The summed E-state index contributed by atoms with van der Waals surface area (Å²) in [5.41, 5.74) is 0. The summed E-state index contributed by atoms with van der Waals surface area (Å²) in [4.78, 5) is 26.1. The molecule has 0 unspecified atom stereocenters. The van der Waals surface area contributed by atoms with Gasteiger partial charge < -0.3 is 15.3 Å². The molecule has 0 saturated carbocycles. The molecule has 0 radical (unpaired) electrons. The fraction of sp³-hybridized carbons (Fsp3) is 0.714. The van der Waals surface area contributed by atoms with Crippen molar-refractivity contribution >= 4 is 11.9 Å². The van der Waals surface area contributed by atoms with Gasteiger partial charge in [0.25, 0.3) is 5.91 Å². The first kappa shape index (κ1) is 10.9. The first-order valence-corrected chi connectivity index (χ1v) is 4.04. The van der Waals surface area contributed by atoms with Gasteiger partial charge in [-0.2, -0.15) is 0 Å².